The lowest BCUT2D eigenvalue weighted by Crippen LogP contribution is -2.08. The quantitative estimate of drug-likeness (QED) is 0.550. The minimum Gasteiger partial charge on any atom is -0.449 e. The standard InChI is InChI=1S/C14H7ClF3N3O3/c15-10-3-8(14(16,17)18)6-19-12(10)21-11-4-9(24-13(22)23)2-1-7(11)5-20-21/h1-6H,(H,22,23). The van der Waals surface area contributed by atoms with Crippen molar-refractivity contribution in [3.05, 3.63) is 47.2 Å². The van der Waals surface area contributed by atoms with E-state index in [-0.39, 0.29) is 16.6 Å². The highest BCUT2D eigenvalue weighted by atomic mass is 35.5. The van der Waals surface area contributed by atoms with Crippen LogP contribution in [0.15, 0.2) is 36.7 Å². The van der Waals surface area contributed by atoms with E-state index >= 15 is 0 Å². The van der Waals surface area contributed by atoms with Crippen LogP contribution in [0.5, 0.6) is 5.75 Å². The first kappa shape index (κ1) is 16.1. The molecule has 10 heteroatoms. The molecule has 1 N–H and O–H groups in total. The number of hydrogen-bond acceptors (Lipinski definition) is 4. The highest BCUT2D eigenvalue weighted by molar-refractivity contribution is 6.32. The predicted octanol–water partition coefficient (Wildman–Crippen LogP) is 4.15. The zero-order chi connectivity index (χ0) is 17.5. The van der Waals surface area contributed by atoms with Gasteiger partial charge >= 0.3 is 12.3 Å². The van der Waals surface area contributed by atoms with Gasteiger partial charge in [-0.3, -0.25) is 0 Å². The first-order valence-corrected chi connectivity index (χ1v) is 6.75. The summed E-state index contributed by atoms with van der Waals surface area (Å²) in [5, 5.41) is 13.0. The lowest BCUT2D eigenvalue weighted by molar-refractivity contribution is -0.137. The van der Waals surface area contributed by atoms with Crippen molar-refractivity contribution < 1.29 is 27.8 Å². The van der Waals surface area contributed by atoms with Crippen LogP contribution < -0.4 is 4.74 Å². The van der Waals surface area contributed by atoms with E-state index in [0.29, 0.717) is 17.1 Å². The first-order chi connectivity index (χ1) is 11.3. The Morgan fingerprint density at radius 3 is 2.62 bits per heavy atom. The summed E-state index contributed by atoms with van der Waals surface area (Å²) < 4.78 is 43.8. The van der Waals surface area contributed by atoms with Gasteiger partial charge in [0.25, 0.3) is 0 Å². The monoisotopic (exact) mass is 357 g/mol. The molecule has 24 heavy (non-hydrogen) atoms. The first-order valence-electron chi connectivity index (χ1n) is 6.37. The maximum Gasteiger partial charge on any atom is 0.511 e. The number of carboxylic acid groups (broad SMARTS) is 1. The summed E-state index contributed by atoms with van der Waals surface area (Å²) in [7, 11) is 0. The molecule has 0 radical (unpaired) electrons. The second-order valence-electron chi connectivity index (χ2n) is 4.67. The Hall–Kier alpha value is -2.81. The largest absolute Gasteiger partial charge is 0.511 e. The summed E-state index contributed by atoms with van der Waals surface area (Å²) >= 11 is 5.90. The number of carbonyl (C=O) groups is 1. The summed E-state index contributed by atoms with van der Waals surface area (Å²) in [6, 6.07) is 5.08. The van der Waals surface area contributed by atoms with Crippen LogP contribution in [0.2, 0.25) is 5.02 Å². The van der Waals surface area contributed by atoms with Crippen molar-refractivity contribution in [1.29, 1.82) is 0 Å². The normalized spacial score (nSPS) is 11.7. The van der Waals surface area contributed by atoms with Crippen LogP contribution >= 0.6 is 11.6 Å². The summed E-state index contributed by atoms with van der Waals surface area (Å²) in [5.74, 6) is 0.00641. The van der Waals surface area contributed by atoms with Gasteiger partial charge in [-0.05, 0) is 18.2 Å². The van der Waals surface area contributed by atoms with Crippen molar-refractivity contribution >= 4 is 28.7 Å². The number of pyridine rings is 1. The number of halogens is 4. The van der Waals surface area contributed by atoms with Gasteiger partial charge in [-0.25, -0.2) is 14.5 Å². The Balaban J connectivity index is 2.10. The molecule has 0 saturated heterocycles. The number of rotatable bonds is 2. The SMILES string of the molecule is O=C(O)Oc1ccc2cnn(-c3ncc(C(F)(F)F)cc3Cl)c2c1. The summed E-state index contributed by atoms with van der Waals surface area (Å²) in [6.45, 7) is 0. The van der Waals surface area contributed by atoms with Gasteiger partial charge in [-0.1, -0.05) is 11.6 Å². The Morgan fingerprint density at radius 1 is 1.25 bits per heavy atom. The number of alkyl halides is 3. The third-order valence-corrected chi connectivity index (χ3v) is 3.38. The Morgan fingerprint density at radius 2 is 2.00 bits per heavy atom. The summed E-state index contributed by atoms with van der Waals surface area (Å²) in [4.78, 5) is 14.3. The smallest absolute Gasteiger partial charge is 0.449 e. The van der Waals surface area contributed by atoms with Gasteiger partial charge in [0.05, 0.1) is 22.3 Å². The van der Waals surface area contributed by atoms with Crippen LogP contribution in [0.1, 0.15) is 5.56 Å². The third kappa shape index (κ3) is 2.98. The molecule has 0 saturated carbocycles. The number of ether oxygens (including phenoxy) is 1. The zero-order valence-corrected chi connectivity index (χ0v) is 12.3. The van der Waals surface area contributed by atoms with Gasteiger partial charge in [0.1, 0.15) is 5.75 Å². The molecular weight excluding hydrogens is 351 g/mol. The molecular formula is C14H7ClF3N3O3. The molecule has 0 atom stereocenters. The molecule has 0 aliphatic carbocycles. The molecule has 2 aromatic heterocycles. The minimum atomic E-state index is -4.57. The van der Waals surface area contributed by atoms with E-state index in [2.05, 4.69) is 14.8 Å². The number of aromatic nitrogens is 3. The Kier molecular flexibility index (Phi) is 3.80. The van der Waals surface area contributed by atoms with E-state index in [4.69, 9.17) is 16.7 Å². The van der Waals surface area contributed by atoms with E-state index in [1.807, 2.05) is 0 Å². The fraction of sp³-hybridized carbons (Fsp3) is 0.0714. The molecule has 6 nitrogen and oxygen atoms in total. The average Bonchev–Trinajstić information content (AvgIpc) is 2.88. The number of benzene rings is 1. The number of hydrogen-bond donors (Lipinski definition) is 1. The molecule has 0 aliphatic rings. The zero-order valence-electron chi connectivity index (χ0n) is 11.6. The van der Waals surface area contributed by atoms with Crippen LogP contribution in [0.4, 0.5) is 18.0 Å². The van der Waals surface area contributed by atoms with E-state index < -0.39 is 17.9 Å². The van der Waals surface area contributed by atoms with E-state index in [0.717, 1.165) is 6.07 Å². The van der Waals surface area contributed by atoms with Gasteiger partial charge < -0.3 is 9.84 Å². The second kappa shape index (κ2) is 5.68. The maximum absolute atomic E-state index is 12.7. The molecule has 0 bridgehead atoms. The molecule has 0 amide bonds. The van der Waals surface area contributed by atoms with Gasteiger partial charge in [-0.2, -0.15) is 18.3 Å². The lowest BCUT2D eigenvalue weighted by Gasteiger charge is -2.10. The van der Waals surface area contributed by atoms with Gasteiger partial charge in [-0.15, -0.1) is 0 Å². The van der Waals surface area contributed by atoms with Crippen molar-refractivity contribution in [2.45, 2.75) is 6.18 Å². The van der Waals surface area contributed by atoms with Gasteiger partial charge in [0.15, 0.2) is 5.82 Å². The molecule has 3 rings (SSSR count). The Labute approximate surface area is 137 Å². The van der Waals surface area contributed by atoms with Crippen molar-refractivity contribution in [1.82, 2.24) is 14.8 Å². The van der Waals surface area contributed by atoms with E-state index in [1.54, 1.807) is 6.07 Å². The molecule has 0 unspecified atom stereocenters. The Bertz CT molecular complexity index is 940. The number of fused-ring (bicyclic) bond motifs is 1. The van der Waals surface area contributed by atoms with Crippen LogP contribution in [-0.2, 0) is 6.18 Å². The van der Waals surface area contributed by atoms with Crippen LogP contribution in [0, 0.1) is 0 Å². The van der Waals surface area contributed by atoms with Gasteiger partial charge in [0.2, 0.25) is 0 Å². The number of nitrogens with zero attached hydrogens (tertiary/aromatic N) is 3. The maximum atomic E-state index is 12.7. The molecule has 0 spiro atoms. The van der Waals surface area contributed by atoms with Crippen molar-refractivity contribution in [3.8, 4) is 11.6 Å². The fourth-order valence-electron chi connectivity index (χ4n) is 2.07. The highest BCUT2D eigenvalue weighted by Gasteiger charge is 2.31. The van der Waals surface area contributed by atoms with E-state index in [1.165, 1.54) is 23.0 Å². The molecule has 3 aromatic rings. The molecule has 0 fully saturated rings. The fourth-order valence-corrected chi connectivity index (χ4v) is 2.32. The van der Waals surface area contributed by atoms with Crippen molar-refractivity contribution in [2.75, 3.05) is 0 Å². The van der Waals surface area contributed by atoms with E-state index in [9.17, 15) is 18.0 Å². The molecule has 124 valence electrons. The predicted molar refractivity (Wildman–Crippen MR) is 77.5 cm³/mol. The third-order valence-electron chi connectivity index (χ3n) is 3.10. The topological polar surface area (TPSA) is 77.2 Å². The molecule has 0 aliphatic heterocycles. The lowest BCUT2D eigenvalue weighted by atomic mass is 10.2. The van der Waals surface area contributed by atoms with Crippen molar-refractivity contribution in [3.63, 3.8) is 0 Å². The van der Waals surface area contributed by atoms with Gasteiger partial charge in [0, 0.05) is 17.6 Å². The summed E-state index contributed by atoms with van der Waals surface area (Å²) in [5.41, 5.74) is -0.606. The second-order valence-corrected chi connectivity index (χ2v) is 5.08. The molecule has 2 heterocycles. The minimum absolute atomic E-state index is 0.0212. The van der Waals surface area contributed by atoms with Crippen LogP contribution in [0.25, 0.3) is 16.7 Å². The molecule has 1 aromatic carbocycles. The van der Waals surface area contributed by atoms with Crippen LogP contribution in [0.3, 0.4) is 0 Å². The van der Waals surface area contributed by atoms with Crippen molar-refractivity contribution in [2.24, 2.45) is 0 Å². The summed E-state index contributed by atoms with van der Waals surface area (Å²) in [6.07, 6.45) is -3.97. The van der Waals surface area contributed by atoms with Crippen LogP contribution in [-0.4, -0.2) is 26.0 Å². The average molecular weight is 358 g/mol. The highest BCUT2D eigenvalue weighted by Crippen LogP contribution is 2.33.